The van der Waals surface area contributed by atoms with Gasteiger partial charge in [0, 0.05) is 40.9 Å². The first-order valence-electron chi connectivity index (χ1n) is 14.7. The molecule has 3 aromatic rings. The quantitative estimate of drug-likeness (QED) is 0.260. The largest absolute Gasteiger partial charge is 0.462 e. The van der Waals surface area contributed by atoms with Crippen LogP contribution in [0.5, 0.6) is 6.01 Å². The highest BCUT2D eigenvalue weighted by Gasteiger charge is 2.37. The molecule has 1 aromatic heterocycles. The molecule has 3 aliphatic rings. The van der Waals surface area contributed by atoms with E-state index in [1.807, 2.05) is 18.2 Å². The molecule has 2 fully saturated rings. The van der Waals surface area contributed by atoms with E-state index in [4.69, 9.17) is 37.6 Å². The summed E-state index contributed by atoms with van der Waals surface area (Å²) < 4.78 is 12.8. The monoisotopic (exact) mass is 585 g/mol. The van der Waals surface area contributed by atoms with E-state index < -0.39 is 0 Å². The summed E-state index contributed by atoms with van der Waals surface area (Å²) in [5.74, 6) is -0.0672. The van der Waals surface area contributed by atoms with Gasteiger partial charge in [0.25, 0.3) is 0 Å². The zero-order chi connectivity index (χ0) is 29.2. The topological polar surface area (TPSA) is 72.2 Å². The van der Waals surface area contributed by atoms with Crippen LogP contribution in [-0.4, -0.2) is 71.0 Å². The smallest absolute Gasteiger partial charge is 0.316 e. The summed E-state index contributed by atoms with van der Waals surface area (Å²) in [6, 6.07) is 12.7. The molecule has 42 heavy (non-hydrogen) atoms. The molecule has 2 saturated heterocycles. The first-order chi connectivity index (χ1) is 20.5. The summed E-state index contributed by atoms with van der Waals surface area (Å²) in [5.41, 5.74) is 3.90. The lowest BCUT2D eigenvalue weighted by Gasteiger charge is -2.37. The van der Waals surface area contributed by atoms with Crippen LogP contribution in [0.25, 0.3) is 15.6 Å². The van der Waals surface area contributed by atoms with E-state index >= 15 is 0 Å². The average molecular weight is 586 g/mol. The van der Waals surface area contributed by atoms with Crippen LogP contribution < -0.4 is 4.74 Å². The Morgan fingerprint density at radius 1 is 1.21 bits per heavy atom. The fourth-order valence-corrected chi connectivity index (χ4v) is 7.10. The molecule has 218 valence electrons. The summed E-state index contributed by atoms with van der Waals surface area (Å²) in [6.45, 7) is 13.9. The lowest BCUT2D eigenvalue weighted by atomic mass is 9.84. The van der Waals surface area contributed by atoms with Crippen LogP contribution in [0.2, 0.25) is 5.02 Å². The second-order valence-electron chi connectivity index (χ2n) is 11.5. The van der Waals surface area contributed by atoms with Gasteiger partial charge in [0.2, 0.25) is 12.5 Å². The molecule has 2 unspecified atom stereocenters. The number of likely N-dealkylation sites (tertiary alicyclic amines) is 2. The van der Waals surface area contributed by atoms with Gasteiger partial charge in [0.15, 0.2) is 0 Å². The van der Waals surface area contributed by atoms with Crippen LogP contribution in [0.1, 0.15) is 60.2 Å². The molecule has 0 N–H and O–H groups in total. The van der Waals surface area contributed by atoms with Crippen molar-refractivity contribution in [2.45, 2.75) is 62.8 Å². The third kappa shape index (κ3) is 5.61. The Labute approximate surface area is 252 Å². The summed E-state index contributed by atoms with van der Waals surface area (Å²) in [4.78, 5) is 30.2. The van der Waals surface area contributed by atoms with Gasteiger partial charge in [0.1, 0.15) is 12.6 Å². The Bertz CT molecular complexity index is 1530. The molecule has 0 radical (unpaired) electrons. The number of likely N-dealkylation sites (N-methyl/N-ethyl adjacent to an activating group) is 1. The van der Waals surface area contributed by atoms with E-state index in [9.17, 15) is 4.79 Å². The van der Waals surface area contributed by atoms with Crippen molar-refractivity contribution in [1.29, 1.82) is 0 Å². The molecule has 8 nitrogen and oxygen atoms in total. The van der Waals surface area contributed by atoms with Crippen LogP contribution in [0, 0.1) is 6.57 Å². The molecule has 6 rings (SSSR count). The van der Waals surface area contributed by atoms with Gasteiger partial charge in [-0.1, -0.05) is 48.5 Å². The van der Waals surface area contributed by atoms with E-state index in [1.54, 1.807) is 4.90 Å². The fraction of sp³-hybridized carbons (Fsp3) is 0.455. The molecule has 1 amide bonds. The Kier molecular flexibility index (Phi) is 8.43. The number of rotatable bonds is 7. The molecule has 0 bridgehead atoms. The van der Waals surface area contributed by atoms with E-state index in [2.05, 4.69) is 41.6 Å². The number of hydrogen-bond acceptors (Lipinski definition) is 6. The maximum atomic E-state index is 12.5. The number of halogens is 1. The van der Waals surface area contributed by atoms with Crippen LogP contribution in [0.4, 0.5) is 0 Å². The number of aromatic nitrogens is 2. The third-order valence-corrected chi connectivity index (χ3v) is 9.40. The van der Waals surface area contributed by atoms with E-state index in [0.29, 0.717) is 49.7 Å². The summed E-state index contributed by atoms with van der Waals surface area (Å²) >= 11 is 6.67. The van der Waals surface area contributed by atoms with Gasteiger partial charge in [0.05, 0.1) is 24.1 Å². The summed E-state index contributed by atoms with van der Waals surface area (Å²) in [6.07, 6.45) is 5.36. The molecular formula is C33H36ClN5O3. The van der Waals surface area contributed by atoms with Crippen molar-refractivity contribution >= 4 is 28.3 Å². The Morgan fingerprint density at radius 3 is 2.81 bits per heavy atom. The zero-order valence-corrected chi connectivity index (χ0v) is 24.7. The molecule has 0 spiro atoms. The average Bonchev–Trinajstić information content (AvgIpc) is 3.43. The minimum atomic E-state index is -0.209. The van der Waals surface area contributed by atoms with Crippen molar-refractivity contribution in [2.75, 3.05) is 33.3 Å². The van der Waals surface area contributed by atoms with E-state index in [-0.39, 0.29) is 30.5 Å². The standard InChI is InChI=1S/C33H36ClN5O3/c1-4-30(40)39-15-13-22(16-24(39)18-35-2)32-26-20-41-29(25-11-5-8-21-9-6-12-27(34)31(21)25)17-28(26)36-33(37-32)42-19-23-10-7-14-38(23)3/h4-6,8-9,11-12,22-24,29H,1,7,10,13-20H2,3H3/t22?,23-,24+,29?/m0/s1. The van der Waals surface area contributed by atoms with Crippen molar-refractivity contribution in [3.63, 3.8) is 0 Å². The van der Waals surface area contributed by atoms with Crippen molar-refractivity contribution in [3.8, 4) is 6.01 Å². The summed E-state index contributed by atoms with van der Waals surface area (Å²) in [7, 11) is 2.13. The molecule has 3 aliphatic heterocycles. The predicted molar refractivity (Wildman–Crippen MR) is 163 cm³/mol. The van der Waals surface area contributed by atoms with Gasteiger partial charge in [-0.25, -0.2) is 6.57 Å². The first-order valence-corrected chi connectivity index (χ1v) is 15.1. The van der Waals surface area contributed by atoms with Crippen molar-refractivity contribution < 1.29 is 14.3 Å². The second kappa shape index (κ2) is 12.4. The van der Waals surface area contributed by atoms with Crippen molar-refractivity contribution in [2.24, 2.45) is 0 Å². The normalized spacial score (nSPS) is 24.3. The predicted octanol–water partition coefficient (Wildman–Crippen LogP) is 5.75. The van der Waals surface area contributed by atoms with Gasteiger partial charge < -0.3 is 24.1 Å². The van der Waals surface area contributed by atoms with E-state index in [1.165, 1.54) is 6.08 Å². The molecule has 9 heteroatoms. The number of carbonyl (C=O) groups is 1. The van der Waals surface area contributed by atoms with Crippen LogP contribution >= 0.6 is 11.6 Å². The Morgan fingerprint density at radius 2 is 2.05 bits per heavy atom. The molecule has 4 atom stereocenters. The minimum absolute atomic E-state index is 0.0611. The lowest BCUT2D eigenvalue weighted by molar-refractivity contribution is -0.129. The SMILES string of the molecule is [C-]#[N+]C[C@H]1CC(c2nc(OC[C@@H]3CCCN3C)nc3c2COC(c2cccc4cccc(Cl)c24)C3)CCN1C(=O)C=C. The maximum absolute atomic E-state index is 12.5. The highest BCUT2D eigenvalue weighted by molar-refractivity contribution is 6.35. The number of ether oxygens (including phenoxy) is 2. The minimum Gasteiger partial charge on any atom is -0.462 e. The van der Waals surface area contributed by atoms with Gasteiger partial charge in [-0.3, -0.25) is 4.79 Å². The zero-order valence-electron chi connectivity index (χ0n) is 24.0. The number of carbonyl (C=O) groups excluding carboxylic acids is 1. The number of fused-ring (bicyclic) bond motifs is 2. The number of amides is 1. The Hall–Kier alpha value is -3.51. The lowest BCUT2D eigenvalue weighted by Crippen LogP contribution is -2.46. The van der Waals surface area contributed by atoms with Gasteiger partial charge in [-0.05, 0) is 62.4 Å². The number of benzene rings is 2. The highest BCUT2D eigenvalue weighted by Crippen LogP contribution is 2.41. The molecular weight excluding hydrogens is 550 g/mol. The second-order valence-corrected chi connectivity index (χ2v) is 12.0. The molecule has 2 aromatic carbocycles. The van der Waals surface area contributed by atoms with E-state index in [0.717, 1.165) is 59.1 Å². The van der Waals surface area contributed by atoms with Gasteiger partial charge in [-0.2, -0.15) is 9.97 Å². The maximum Gasteiger partial charge on any atom is 0.316 e. The summed E-state index contributed by atoms with van der Waals surface area (Å²) in [5, 5.41) is 2.79. The van der Waals surface area contributed by atoms with Crippen molar-refractivity contribution in [3.05, 3.63) is 88.0 Å². The first kappa shape index (κ1) is 28.6. The van der Waals surface area contributed by atoms with Crippen LogP contribution in [0.3, 0.4) is 0 Å². The van der Waals surface area contributed by atoms with Crippen LogP contribution in [0.15, 0.2) is 49.1 Å². The van der Waals surface area contributed by atoms with Gasteiger partial charge >= 0.3 is 6.01 Å². The fourth-order valence-electron chi connectivity index (χ4n) is 6.81. The Balaban J connectivity index is 1.34. The van der Waals surface area contributed by atoms with Crippen molar-refractivity contribution in [1.82, 2.24) is 19.8 Å². The van der Waals surface area contributed by atoms with Gasteiger partial charge in [-0.15, -0.1) is 0 Å². The number of nitrogens with zero attached hydrogens (tertiary/aromatic N) is 5. The molecule has 0 aliphatic carbocycles. The highest BCUT2D eigenvalue weighted by atomic mass is 35.5. The van der Waals surface area contributed by atoms with Crippen LogP contribution in [-0.2, 0) is 22.6 Å². The number of piperidine rings is 1. The molecule has 0 saturated carbocycles. The third-order valence-electron chi connectivity index (χ3n) is 9.08. The molecule has 4 heterocycles. The number of hydrogen-bond donors (Lipinski definition) is 0.